The van der Waals surface area contributed by atoms with Gasteiger partial charge in [0.1, 0.15) is 5.65 Å². The van der Waals surface area contributed by atoms with Gasteiger partial charge in [-0.2, -0.15) is 0 Å². The van der Waals surface area contributed by atoms with Crippen molar-refractivity contribution in [1.82, 2.24) is 15.3 Å². The highest BCUT2D eigenvalue weighted by atomic mass is 32.1. The molecule has 1 aliphatic rings. The van der Waals surface area contributed by atoms with E-state index in [1.165, 1.54) is 5.56 Å². The molecular weight excluding hydrogens is 392 g/mol. The molecule has 0 radical (unpaired) electrons. The van der Waals surface area contributed by atoms with E-state index in [0.29, 0.717) is 6.54 Å². The van der Waals surface area contributed by atoms with Gasteiger partial charge in [0.05, 0.1) is 10.4 Å². The fraction of sp³-hybridized carbons (Fsp3) is 0.250. The first-order valence-electron chi connectivity index (χ1n) is 10.3. The van der Waals surface area contributed by atoms with Crippen molar-refractivity contribution >= 4 is 33.3 Å². The van der Waals surface area contributed by atoms with E-state index in [2.05, 4.69) is 38.8 Å². The van der Waals surface area contributed by atoms with E-state index in [9.17, 15) is 4.79 Å². The summed E-state index contributed by atoms with van der Waals surface area (Å²) in [5.41, 5.74) is 2.79. The first-order chi connectivity index (χ1) is 14.7. The lowest BCUT2D eigenvalue weighted by molar-refractivity contribution is -0.126. The van der Waals surface area contributed by atoms with E-state index < -0.39 is 5.41 Å². The summed E-state index contributed by atoms with van der Waals surface area (Å²) < 4.78 is 0. The molecule has 5 nitrogen and oxygen atoms in total. The number of carbonyl (C=O) groups excluding carboxylic acids is 1. The maximum absolute atomic E-state index is 13.5. The number of hydrogen-bond acceptors (Lipinski definition) is 4. The molecule has 0 saturated carbocycles. The van der Waals surface area contributed by atoms with E-state index in [4.69, 9.17) is 0 Å². The molecule has 1 aliphatic heterocycles. The molecule has 1 atom stereocenters. The van der Waals surface area contributed by atoms with Gasteiger partial charge in [0.25, 0.3) is 0 Å². The third-order valence-corrected chi connectivity index (χ3v) is 6.94. The van der Waals surface area contributed by atoms with E-state index in [1.807, 2.05) is 48.8 Å². The van der Waals surface area contributed by atoms with Crippen LogP contribution in [0.4, 0.5) is 5.00 Å². The van der Waals surface area contributed by atoms with Crippen LogP contribution < -0.4 is 10.6 Å². The zero-order valence-electron chi connectivity index (χ0n) is 16.7. The second-order valence-corrected chi connectivity index (χ2v) is 9.02. The second-order valence-electron chi connectivity index (χ2n) is 7.94. The van der Waals surface area contributed by atoms with Crippen LogP contribution in [0, 0.1) is 5.41 Å². The van der Waals surface area contributed by atoms with E-state index in [0.717, 1.165) is 52.3 Å². The number of H-pyrrole nitrogens is 1. The van der Waals surface area contributed by atoms with Crippen molar-refractivity contribution in [3.63, 3.8) is 0 Å². The average Bonchev–Trinajstić information content (AvgIpc) is 3.44. The van der Waals surface area contributed by atoms with Gasteiger partial charge in [-0.15, -0.1) is 11.3 Å². The van der Waals surface area contributed by atoms with Crippen molar-refractivity contribution in [2.45, 2.75) is 19.3 Å². The Bertz CT molecular complexity index is 1160. The molecule has 1 saturated heterocycles. The minimum Gasteiger partial charge on any atom is -0.346 e. The number of carbonyl (C=O) groups is 1. The molecule has 0 bridgehead atoms. The summed E-state index contributed by atoms with van der Waals surface area (Å²) in [7, 11) is 0. The Kier molecular flexibility index (Phi) is 5.11. The number of amides is 1. The van der Waals surface area contributed by atoms with Gasteiger partial charge in [-0.3, -0.25) is 4.79 Å². The summed E-state index contributed by atoms with van der Waals surface area (Å²) in [6.07, 6.45) is 6.38. The molecule has 1 unspecified atom stereocenters. The predicted molar refractivity (Wildman–Crippen MR) is 123 cm³/mol. The second kappa shape index (κ2) is 8.05. The molecule has 0 aliphatic carbocycles. The zero-order chi connectivity index (χ0) is 20.4. The van der Waals surface area contributed by atoms with Crippen molar-refractivity contribution in [2.24, 2.45) is 5.41 Å². The number of aromatic nitrogens is 2. The Balaban J connectivity index is 1.39. The highest BCUT2D eigenvalue weighted by Gasteiger charge is 2.39. The lowest BCUT2D eigenvalue weighted by Gasteiger charge is -2.36. The van der Waals surface area contributed by atoms with Crippen molar-refractivity contribution in [3.05, 3.63) is 72.6 Å². The van der Waals surface area contributed by atoms with Crippen molar-refractivity contribution < 1.29 is 4.79 Å². The molecule has 1 fully saturated rings. The van der Waals surface area contributed by atoms with Crippen LogP contribution in [0.15, 0.2) is 67.0 Å². The number of nitrogens with zero attached hydrogens (tertiary/aromatic N) is 1. The third-order valence-electron chi connectivity index (χ3n) is 5.91. The van der Waals surface area contributed by atoms with Gasteiger partial charge in [-0.25, -0.2) is 4.98 Å². The predicted octanol–water partition coefficient (Wildman–Crippen LogP) is 4.84. The number of anilines is 1. The Hall–Kier alpha value is -2.96. The molecule has 4 aromatic rings. The smallest absolute Gasteiger partial charge is 0.232 e. The van der Waals surface area contributed by atoms with Gasteiger partial charge in [0.2, 0.25) is 5.91 Å². The van der Waals surface area contributed by atoms with Gasteiger partial charge >= 0.3 is 0 Å². The summed E-state index contributed by atoms with van der Waals surface area (Å²) >= 11 is 1.61. The van der Waals surface area contributed by atoms with E-state index >= 15 is 0 Å². The van der Waals surface area contributed by atoms with Crippen LogP contribution in [-0.4, -0.2) is 29.0 Å². The van der Waals surface area contributed by atoms with Crippen molar-refractivity contribution in [1.29, 1.82) is 0 Å². The number of pyridine rings is 1. The van der Waals surface area contributed by atoms with E-state index in [1.54, 1.807) is 11.3 Å². The molecule has 1 amide bonds. The molecule has 6 heteroatoms. The molecular formula is C24H24N4OS. The number of fused-ring (bicyclic) bond motifs is 1. The summed E-state index contributed by atoms with van der Waals surface area (Å²) in [6.45, 7) is 1.68. The van der Waals surface area contributed by atoms with Crippen LogP contribution in [0.1, 0.15) is 18.4 Å². The van der Waals surface area contributed by atoms with Gasteiger partial charge in [-0.1, -0.05) is 30.3 Å². The Labute approximate surface area is 179 Å². The fourth-order valence-electron chi connectivity index (χ4n) is 4.35. The van der Waals surface area contributed by atoms with Crippen LogP contribution in [-0.2, 0) is 11.2 Å². The lowest BCUT2D eigenvalue weighted by atomic mass is 9.75. The zero-order valence-corrected chi connectivity index (χ0v) is 17.5. The maximum atomic E-state index is 13.5. The molecule has 5 rings (SSSR count). The average molecular weight is 417 g/mol. The molecule has 3 aromatic heterocycles. The maximum Gasteiger partial charge on any atom is 0.232 e. The number of benzene rings is 1. The topological polar surface area (TPSA) is 69.8 Å². The van der Waals surface area contributed by atoms with Crippen LogP contribution in [0.25, 0.3) is 21.5 Å². The summed E-state index contributed by atoms with van der Waals surface area (Å²) in [6, 6.07) is 18.5. The first kappa shape index (κ1) is 19.0. The number of piperidine rings is 1. The molecule has 30 heavy (non-hydrogen) atoms. The monoisotopic (exact) mass is 416 g/mol. The minimum atomic E-state index is -0.422. The van der Waals surface area contributed by atoms with E-state index in [-0.39, 0.29) is 5.91 Å². The fourth-order valence-corrected chi connectivity index (χ4v) is 5.29. The molecule has 1 aromatic carbocycles. The molecule has 4 heterocycles. The van der Waals surface area contributed by atoms with Crippen LogP contribution in [0.5, 0.6) is 0 Å². The Morgan fingerprint density at radius 1 is 1.13 bits per heavy atom. The van der Waals surface area contributed by atoms with Gasteiger partial charge in [0.15, 0.2) is 0 Å². The summed E-state index contributed by atoms with van der Waals surface area (Å²) in [4.78, 5) is 22.1. The Morgan fingerprint density at radius 3 is 2.87 bits per heavy atom. The summed E-state index contributed by atoms with van der Waals surface area (Å²) in [5, 5.41) is 8.64. The molecule has 152 valence electrons. The minimum absolute atomic E-state index is 0.105. The third kappa shape index (κ3) is 3.64. The van der Waals surface area contributed by atoms with Gasteiger partial charge in [0, 0.05) is 34.8 Å². The number of hydrogen-bond donors (Lipinski definition) is 3. The normalized spacial score (nSPS) is 19.1. The number of thiophene rings is 1. The number of nitrogens with one attached hydrogen (secondary N) is 3. The van der Waals surface area contributed by atoms with Crippen LogP contribution in [0.3, 0.4) is 0 Å². The lowest BCUT2D eigenvalue weighted by Crippen LogP contribution is -2.49. The first-order valence-corrected chi connectivity index (χ1v) is 11.1. The van der Waals surface area contributed by atoms with Crippen LogP contribution in [0.2, 0.25) is 0 Å². The highest BCUT2D eigenvalue weighted by molar-refractivity contribution is 7.19. The highest BCUT2D eigenvalue weighted by Crippen LogP contribution is 2.37. The van der Waals surface area contributed by atoms with Crippen molar-refractivity contribution in [3.8, 4) is 10.4 Å². The SMILES string of the molecule is O=C(Nc1ccc(-c2ccnc3[nH]ccc23)s1)C1(Cc2ccccc2)CCCNC1. The Morgan fingerprint density at radius 2 is 2.03 bits per heavy atom. The summed E-state index contributed by atoms with van der Waals surface area (Å²) in [5.74, 6) is 0.105. The van der Waals surface area contributed by atoms with Gasteiger partial charge in [-0.05, 0) is 55.6 Å². The van der Waals surface area contributed by atoms with Gasteiger partial charge < -0.3 is 15.6 Å². The number of aromatic amines is 1. The van der Waals surface area contributed by atoms with Crippen molar-refractivity contribution in [2.75, 3.05) is 18.4 Å². The quantitative estimate of drug-likeness (QED) is 0.436. The van der Waals surface area contributed by atoms with Crippen LogP contribution >= 0.6 is 11.3 Å². The molecule has 3 N–H and O–H groups in total. The standard InChI is InChI=1S/C24H24N4OS/c29-23(24(11-4-12-25-16-24)15-17-5-2-1-3-6-17)28-21-8-7-20(30-21)18-9-13-26-22-19(18)10-14-27-22/h1-3,5-10,13-14,25H,4,11-12,15-16H2,(H,26,27)(H,28,29). The largest absolute Gasteiger partial charge is 0.346 e. The molecule has 0 spiro atoms. The number of rotatable bonds is 5.